The van der Waals surface area contributed by atoms with E-state index in [9.17, 15) is 4.79 Å². The average molecular weight is 381 g/mol. The maximum Gasteiger partial charge on any atom is 0.312 e. The zero-order chi connectivity index (χ0) is 20.1. The monoisotopic (exact) mass is 380 g/mol. The molecule has 2 aromatic rings. The lowest BCUT2D eigenvalue weighted by molar-refractivity contribution is -0.154. The molecule has 1 heterocycles. The van der Waals surface area contributed by atoms with Crippen molar-refractivity contribution in [1.29, 1.82) is 0 Å². The van der Waals surface area contributed by atoms with Crippen molar-refractivity contribution >= 4 is 5.97 Å². The van der Waals surface area contributed by atoms with Gasteiger partial charge in [0.25, 0.3) is 0 Å². The first-order valence-corrected chi connectivity index (χ1v) is 10.2. The molecule has 3 atom stereocenters. The zero-order valence-electron chi connectivity index (χ0n) is 17.4. The summed E-state index contributed by atoms with van der Waals surface area (Å²) < 4.78 is 5.05. The summed E-state index contributed by atoms with van der Waals surface area (Å²) in [5, 5.41) is 2.38. The van der Waals surface area contributed by atoms with E-state index in [2.05, 4.69) is 78.0 Å². The number of nitrogens with one attached hydrogen (secondary N) is 1. The van der Waals surface area contributed by atoms with Crippen molar-refractivity contribution in [2.45, 2.75) is 58.2 Å². The first-order valence-electron chi connectivity index (χ1n) is 10.2. The van der Waals surface area contributed by atoms with E-state index in [1.807, 2.05) is 13.8 Å². The molecule has 28 heavy (non-hydrogen) atoms. The van der Waals surface area contributed by atoms with Gasteiger partial charge >= 0.3 is 5.97 Å². The number of hydrazine groups is 1. The maximum absolute atomic E-state index is 12.3. The molecular weight excluding hydrogens is 348 g/mol. The Labute approximate surface area is 168 Å². The normalized spacial score (nSPS) is 21.9. The van der Waals surface area contributed by atoms with Gasteiger partial charge in [0.2, 0.25) is 0 Å². The van der Waals surface area contributed by atoms with Crippen molar-refractivity contribution in [3.05, 3.63) is 71.8 Å². The molecule has 1 aliphatic heterocycles. The van der Waals surface area contributed by atoms with Crippen LogP contribution in [-0.2, 0) is 9.53 Å². The number of benzene rings is 2. The van der Waals surface area contributed by atoms with Crippen LogP contribution in [0.25, 0.3) is 0 Å². The van der Waals surface area contributed by atoms with Gasteiger partial charge in [-0.25, -0.2) is 5.01 Å². The summed E-state index contributed by atoms with van der Waals surface area (Å²) in [6.45, 7) is 5.95. The number of carbonyl (C=O) groups excluding carboxylic acids is 1. The molecule has 4 nitrogen and oxygen atoms in total. The molecule has 1 saturated heterocycles. The maximum atomic E-state index is 12.3. The van der Waals surface area contributed by atoms with Gasteiger partial charge in [-0.1, -0.05) is 60.7 Å². The van der Waals surface area contributed by atoms with Crippen molar-refractivity contribution in [3.63, 3.8) is 0 Å². The topological polar surface area (TPSA) is 41.6 Å². The number of esters is 1. The van der Waals surface area contributed by atoms with Crippen LogP contribution in [0.2, 0.25) is 0 Å². The lowest BCUT2D eigenvalue weighted by atomic mass is 9.85. The molecule has 0 amide bonds. The second-order valence-electron chi connectivity index (χ2n) is 8.26. The van der Waals surface area contributed by atoms with E-state index >= 15 is 0 Å². The molecule has 0 saturated carbocycles. The highest BCUT2D eigenvalue weighted by Gasteiger charge is 2.40. The molecule has 0 bridgehead atoms. The third-order valence-electron chi connectivity index (χ3n) is 6.13. The Morgan fingerprint density at radius 3 is 1.89 bits per heavy atom. The summed E-state index contributed by atoms with van der Waals surface area (Å²) in [5.41, 5.74) is 5.68. The predicted molar refractivity (Wildman–Crippen MR) is 112 cm³/mol. The average Bonchev–Trinajstić information content (AvgIpc) is 2.74. The van der Waals surface area contributed by atoms with Crippen LogP contribution in [0.1, 0.15) is 63.2 Å². The van der Waals surface area contributed by atoms with E-state index in [0.717, 1.165) is 12.8 Å². The van der Waals surface area contributed by atoms with E-state index in [1.165, 1.54) is 24.7 Å². The van der Waals surface area contributed by atoms with Gasteiger partial charge in [0.15, 0.2) is 0 Å². The highest BCUT2D eigenvalue weighted by Crippen LogP contribution is 2.41. The summed E-state index contributed by atoms with van der Waals surface area (Å²) in [6, 6.07) is 21.7. The van der Waals surface area contributed by atoms with Crippen LogP contribution in [0.4, 0.5) is 0 Å². The van der Waals surface area contributed by atoms with Crippen LogP contribution in [-0.4, -0.2) is 24.1 Å². The number of rotatable bonds is 6. The van der Waals surface area contributed by atoms with E-state index in [1.54, 1.807) is 0 Å². The third-order valence-corrected chi connectivity index (χ3v) is 6.13. The number of methoxy groups -OCH3 is 1. The number of hydrogen-bond donors (Lipinski definition) is 1. The summed E-state index contributed by atoms with van der Waals surface area (Å²) in [5.74, 6) is -0.197. The molecule has 2 aromatic carbocycles. The minimum absolute atomic E-state index is 0.0736. The van der Waals surface area contributed by atoms with Crippen molar-refractivity contribution in [2.24, 2.45) is 5.41 Å². The Bertz CT molecular complexity index is 713. The Balaban J connectivity index is 1.94. The molecule has 0 unspecified atom stereocenters. The van der Waals surface area contributed by atoms with Crippen LogP contribution < -0.4 is 5.43 Å². The number of carbonyl (C=O) groups is 1. The lowest BCUT2D eigenvalue weighted by Gasteiger charge is -2.46. The van der Waals surface area contributed by atoms with Gasteiger partial charge in [0.1, 0.15) is 0 Å². The van der Waals surface area contributed by atoms with Gasteiger partial charge in [-0.15, -0.1) is 0 Å². The van der Waals surface area contributed by atoms with Gasteiger partial charge in [0, 0.05) is 18.1 Å². The SMILES string of the molecule is COC(=O)C(C)(C)[C@H](C)NN1[C@H](c2ccccc2)CCC[C@H]1c1ccccc1. The number of hydrogen-bond acceptors (Lipinski definition) is 4. The van der Waals surface area contributed by atoms with Crippen LogP contribution in [0.15, 0.2) is 60.7 Å². The second-order valence-corrected chi connectivity index (χ2v) is 8.26. The van der Waals surface area contributed by atoms with Crippen molar-refractivity contribution in [1.82, 2.24) is 10.4 Å². The molecular formula is C24H32N2O2. The van der Waals surface area contributed by atoms with Gasteiger partial charge in [-0.3, -0.25) is 10.2 Å². The molecule has 0 radical (unpaired) electrons. The van der Waals surface area contributed by atoms with E-state index in [4.69, 9.17) is 4.74 Å². The fourth-order valence-corrected chi connectivity index (χ4v) is 4.01. The van der Waals surface area contributed by atoms with Crippen molar-refractivity contribution in [2.75, 3.05) is 7.11 Å². The van der Waals surface area contributed by atoms with Crippen molar-refractivity contribution < 1.29 is 9.53 Å². The fourth-order valence-electron chi connectivity index (χ4n) is 4.01. The van der Waals surface area contributed by atoms with E-state index < -0.39 is 5.41 Å². The lowest BCUT2D eigenvalue weighted by Crippen LogP contribution is -2.55. The molecule has 3 rings (SSSR count). The van der Waals surface area contributed by atoms with E-state index in [-0.39, 0.29) is 24.1 Å². The molecule has 1 aliphatic rings. The van der Waals surface area contributed by atoms with Crippen LogP contribution in [0, 0.1) is 5.41 Å². The first-order chi connectivity index (χ1) is 13.4. The molecule has 150 valence electrons. The zero-order valence-corrected chi connectivity index (χ0v) is 17.4. The first kappa shape index (κ1) is 20.6. The molecule has 0 spiro atoms. The van der Waals surface area contributed by atoms with E-state index in [0.29, 0.717) is 0 Å². The molecule has 1 N–H and O–H groups in total. The van der Waals surface area contributed by atoms with Crippen LogP contribution >= 0.6 is 0 Å². The summed E-state index contributed by atoms with van der Waals surface area (Å²) in [4.78, 5) is 12.3. The quantitative estimate of drug-likeness (QED) is 0.712. The van der Waals surface area contributed by atoms with Crippen molar-refractivity contribution in [3.8, 4) is 0 Å². The van der Waals surface area contributed by atoms with Gasteiger partial charge in [-0.2, -0.15) is 0 Å². The highest BCUT2D eigenvalue weighted by atomic mass is 16.5. The highest BCUT2D eigenvalue weighted by molar-refractivity contribution is 5.76. The molecule has 1 fully saturated rings. The van der Waals surface area contributed by atoms with Gasteiger partial charge in [0.05, 0.1) is 12.5 Å². The van der Waals surface area contributed by atoms with Gasteiger partial charge < -0.3 is 4.74 Å². The van der Waals surface area contributed by atoms with Crippen LogP contribution in [0.3, 0.4) is 0 Å². The van der Waals surface area contributed by atoms with Crippen LogP contribution in [0.5, 0.6) is 0 Å². The number of ether oxygens (including phenoxy) is 1. The molecule has 0 aromatic heterocycles. The largest absolute Gasteiger partial charge is 0.469 e. The standard InChI is InChI=1S/C24H32N2O2/c1-18(24(2,3)23(27)28-4)25-26-21(19-12-7-5-8-13-19)16-11-17-22(26)20-14-9-6-10-15-20/h5-10,12-15,18,21-22,25H,11,16-17H2,1-4H3/t18-,21-,22-/m0/s1. The Morgan fingerprint density at radius 1 is 1.00 bits per heavy atom. The third kappa shape index (κ3) is 4.29. The fraction of sp³-hybridized carbons (Fsp3) is 0.458. The molecule has 0 aliphatic carbocycles. The smallest absolute Gasteiger partial charge is 0.312 e. The Hall–Kier alpha value is -2.17. The predicted octanol–water partition coefficient (Wildman–Crippen LogP) is 5.05. The number of nitrogens with zero attached hydrogens (tertiary/aromatic N) is 1. The summed E-state index contributed by atoms with van der Waals surface area (Å²) in [6.07, 6.45) is 3.35. The summed E-state index contributed by atoms with van der Waals surface area (Å²) >= 11 is 0. The molecule has 4 heteroatoms. The Kier molecular flexibility index (Phi) is 6.53. The van der Waals surface area contributed by atoms with Gasteiger partial charge in [-0.05, 0) is 51.2 Å². The summed E-state index contributed by atoms with van der Waals surface area (Å²) in [7, 11) is 1.46. The second kappa shape index (κ2) is 8.89. The Morgan fingerprint density at radius 2 is 1.46 bits per heavy atom. The minimum Gasteiger partial charge on any atom is -0.469 e. The number of piperidine rings is 1. The minimum atomic E-state index is -0.630.